The van der Waals surface area contributed by atoms with Crippen LogP contribution < -0.4 is 5.32 Å². The first-order chi connectivity index (χ1) is 8.65. The molecule has 19 heavy (non-hydrogen) atoms. The summed E-state index contributed by atoms with van der Waals surface area (Å²) in [5.41, 5.74) is 0. The van der Waals surface area contributed by atoms with E-state index in [0.717, 1.165) is 6.92 Å². The summed E-state index contributed by atoms with van der Waals surface area (Å²) in [6, 6.07) is -1.34. The van der Waals surface area contributed by atoms with Gasteiger partial charge in [0.2, 0.25) is 5.91 Å². The van der Waals surface area contributed by atoms with Crippen molar-refractivity contribution in [2.75, 3.05) is 6.61 Å². The molecule has 2 unspecified atom stereocenters. The van der Waals surface area contributed by atoms with Crippen LogP contribution in [0.3, 0.4) is 0 Å². The maximum absolute atomic E-state index is 10.9. The van der Waals surface area contributed by atoms with Crippen LogP contribution in [0.15, 0.2) is 0 Å². The molecule has 11 heteroatoms. The lowest BCUT2D eigenvalue weighted by molar-refractivity contribution is -0.250. The standard InChI is InChI=1S/C8H16NO9P/c1-3(11)9-5-6(12)7(18-19(14,15)16)4(2-10)17-8(5)13/h4-8,10,12-13H,2H2,1H3,(H,9,11)(H2,14,15,16)/t4?,5?,6-,7-,8-/m1/s1. The van der Waals surface area contributed by atoms with Crippen molar-refractivity contribution in [1.29, 1.82) is 0 Å². The van der Waals surface area contributed by atoms with E-state index in [0.29, 0.717) is 0 Å². The number of hydrogen-bond acceptors (Lipinski definition) is 7. The first-order valence-corrected chi connectivity index (χ1v) is 6.82. The van der Waals surface area contributed by atoms with E-state index in [1.54, 1.807) is 0 Å². The molecule has 5 atom stereocenters. The largest absolute Gasteiger partial charge is 0.470 e. The minimum atomic E-state index is -4.95. The summed E-state index contributed by atoms with van der Waals surface area (Å²) < 4.78 is 20.0. The van der Waals surface area contributed by atoms with E-state index in [2.05, 4.69) is 9.84 Å². The third-order valence-electron chi connectivity index (χ3n) is 2.50. The molecule has 0 saturated carbocycles. The summed E-state index contributed by atoms with van der Waals surface area (Å²) in [5.74, 6) is -0.593. The van der Waals surface area contributed by atoms with Gasteiger partial charge in [0.05, 0.1) is 6.61 Å². The van der Waals surface area contributed by atoms with Gasteiger partial charge in [-0.2, -0.15) is 0 Å². The minimum Gasteiger partial charge on any atom is -0.394 e. The van der Waals surface area contributed by atoms with Gasteiger partial charge in [-0.3, -0.25) is 9.32 Å². The van der Waals surface area contributed by atoms with Crippen molar-refractivity contribution in [3.8, 4) is 0 Å². The molecule has 10 nitrogen and oxygen atoms in total. The SMILES string of the molecule is CC(=O)NC1[C@H](O)OC(CO)[C@@H](OP(=O)(O)O)[C@@H]1O. The molecule has 0 aromatic heterocycles. The predicted molar refractivity (Wildman–Crippen MR) is 58.5 cm³/mol. The minimum absolute atomic E-state index is 0.593. The van der Waals surface area contributed by atoms with Gasteiger partial charge in [0.1, 0.15) is 24.4 Å². The summed E-state index contributed by atoms with van der Waals surface area (Å²) in [4.78, 5) is 28.4. The zero-order chi connectivity index (χ0) is 14.8. The van der Waals surface area contributed by atoms with Crippen molar-refractivity contribution in [2.24, 2.45) is 0 Å². The predicted octanol–water partition coefficient (Wildman–Crippen LogP) is -2.96. The van der Waals surface area contributed by atoms with Crippen molar-refractivity contribution in [2.45, 2.75) is 37.6 Å². The Morgan fingerprint density at radius 2 is 2.00 bits per heavy atom. The second-order valence-corrected chi connectivity index (χ2v) is 5.22. The summed E-state index contributed by atoms with van der Waals surface area (Å²) >= 11 is 0. The second kappa shape index (κ2) is 6.25. The molecule has 1 fully saturated rings. The van der Waals surface area contributed by atoms with E-state index in [9.17, 15) is 19.6 Å². The lowest BCUT2D eigenvalue weighted by atomic mass is 9.97. The Morgan fingerprint density at radius 1 is 1.42 bits per heavy atom. The van der Waals surface area contributed by atoms with Crippen LogP contribution in [-0.4, -0.2) is 68.3 Å². The highest BCUT2D eigenvalue weighted by Gasteiger charge is 2.47. The Balaban J connectivity index is 2.91. The lowest BCUT2D eigenvalue weighted by Gasteiger charge is -2.41. The Kier molecular flexibility index (Phi) is 5.42. The summed E-state index contributed by atoms with van der Waals surface area (Å²) in [5, 5.41) is 30.6. The number of phosphoric ester groups is 1. The van der Waals surface area contributed by atoms with Crippen molar-refractivity contribution >= 4 is 13.7 Å². The molecular weight excluding hydrogens is 285 g/mol. The number of carbonyl (C=O) groups is 1. The maximum Gasteiger partial charge on any atom is 0.470 e. The number of aliphatic hydroxyl groups excluding tert-OH is 3. The number of phosphoric acid groups is 1. The fourth-order valence-electron chi connectivity index (χ4n) is 1.76. The van der Waals surface area contributed by atoms with Gasteiger partial charge in [-0.25, -0.2) is 4.57 Å². The molecule has 0 radical (unpaired) electrons. The van der Waals surface area contributed by atoms with E-state index >= 15 is 0 Å². The molecule has 1 heterocycles. The van der Waals surface area contributed by atoms with Crippen LogP contribution in [0.2, 0.25) is 0 Å². The lowest BCUT2D eigenvalue weighted by Crippen LogP contribution is -2.64. The van der Waals surface area contributed by atoms with Gasteiger partial charge < -0.3 is 35.2 Å². The fraction of sp³-hybridized carbons (Fsp3) is 0.875. The second-order valence-electron chi connectivity index (χ2n) is 4.03. The van der Waals surface area contributed by atoms with Crippen LogP contribution in [0.25, 0.3) is 0 Å². The van der Waals surface area contributed by atoms with Crippen molar-refractivity contribution < 1.29 is 43.7 Å². The molecule has 0 aromatic carbocycles. The maximum atomic E-state index is 10.9. The highest BCUT2D eigenvalue weighted by molar-refractivity contribution is 7.46. The topological polar surface area (TPSA) is 166 Å². The molecule has 1 aliphatic heterocycles. The molecule has 6 N–H and O–H groups in total. The van der Waals surface area contributed by atoms with Gasteiger partial charge >= 0.3 is 7.82 Å². The first kappa shape index (κ1) is 16.5. The zero-order valence-corrected chi connectivity index (χ0v) is 10.8. The highest BCUT2D eigenvalue weighted by Crippen LogP contribution is 2.41. The van der Waals surface area contributed by atoms with Crippen LogP contribution in [0, 0.1) is 0 Å². The van der Waals surface area contributed by atoms with Gasteiger partial charge in [0, 0.05) is 6.92 Å². The van der Waals surface area contributed by atoms with E-state index in [-0.39, 0.29) is 0 Å². The summed E-state index contributed by atoms with van der Waals surface area (Å²) in [6.45, 7) is 0.377. The molecule has 0 aliphatic carbocycles. The third kappa shape index (κ3) is 4.48. The quantitative estimate of drug-likeness (QED) is 0.297. The van der Waals surface area contributed by atoms with Crippen LogP contribution in [0.1, 0.15) is 6.92 Å². The Morgan fingerprint density at radius 3 is 2.42 bits per heavy atom. The van der Waals surface area contributed by atoms with Crippen molar-refractivity contribution in [3.05, 3.63) is 0 Å². The molecule has 0 spiro atoms. The van der Waals surface area contributed by atoms with Gasteiger partial charge in [0.25, 0.3) is 0 Å². The smallest absolute Gasteiger partial charge is 0.394 e. The van der Waals surface area contributed by atoms with E-state index < -0.39 is 51.0 Å². The zero-order valence-electron chi connectivity index (χ0n) is 9.91. The first-order valence-electron chi connectivity index (χ1n) is 5.29. The van der Waals surface area contributed by atoms with Crippen LogP contribution >= 0.6 is 7.82 Å². The van der Waals surface area contributed by atoms with Crippen molar-refractivity contribution in [3.63, 3.8) is 0 Å². The average Bonchev–Trinajstić information content (AvgIpc) is 2.26. The third-order valence-corrected chi connectivity index (χ3v) is 3.02. The van der Waals surface area contributed by atoms with E-state index in [4.69, 9.17) is 19.6 Å². The Bertz CT molecular complexity index is 371. The number of aliphatic hydroxyl groups is 3. The average molecular weight is 301 g/mol. The Labute approximate surface area is 108 Å². The van der Waals surface area contributed by atoms with E-state index in [1.807, 2.05) is 0 Å². The molecule has 112 valence electrons. The molecule has 1 amide bonds. The van der Waals surface area contributed by atoms with E-state index in [1.165, 1.54) is 0 Å². The summed E-state index contributed by atoms with van der Waals surface area (Å²) in [7, 11) is -4.95. The van der Waals surface area contributed by atoms with Gasteiger partial charge in [-0.1, -0.05) is 0 Å². The van der Waals surface area contributed by atoms with Crippen LogP contribution in [0.4, 0.5) is 0 Å². The number of ether oxygens (including phenoxy) is 1. The molecular formula is C8H16NO9P. The normalized spacial score (nSPS) is 36.0. The number of carbonyl (C=O) groups excluding carboxylic acids is 1. The van der Waals surface area contributed by atoms with Crippen LogP contribution in [-0.2, 0) is 18.6 Å². The number of hydrogen-bond donors (Lipinski definition) is 6. The number of nitrogens with one attached hydrogen (secondary N) is 1. The molecule has 0 bridgehead atoms. The van der Waals surface area contributed by atoms with Crippen LogP contribution in [0.5, 0.6) is 0 Å². The molecule has 1 rings (SSSR count). The van der Waals surface area contributed by atoms with Crippen molar-refractivity contribution in [1.82, 2.24) is 5.32 Å². The van der Waals surface area contributed by atoms with Gasteiger partial charge in [-0.15, -0.1) is 0 Å². The van der Waals surface area contributed by atoms with Gasteiger partial charge in [0.15, 0.2) is 6.29 Å². The number of amides is 1. The monoisotopic (exact) mass is 301 g/mol. The highest BCUT2D eigenvalue weighted by atomic mass is 31.2. The molecule has 0 aromatic rings. The fourth-order valence-corrected chi connectivity index (χ4v) is 2.34. The molecule has 1 saturated heterocycles. The number of rotatable bonds is 4. The summed E-state index contributed by atoms with van der Waals surface area (Å²) in [6.07, 6.45) is -6.26. The molecule has 1 aliphatic rings. The van der Waals surface area contributed by atoms with Gasteiger partial charge in [-0.05, 0) is 0 Å². The Hall–Kier alpha value is -0.580.